The summed E-state index contributed by atoms with van der Waals surface area (Å²) in [6.45, 7) is 1.81. The summed E-state index contributed by atoms with van der Waals surface area (Å²) in [5, 5.41) is 2.21. The molecule has 0 bridgehead atoms. The van der Waals surface area contributed by atoms with Gasteiger partial charge in [-0.25, -0.2) is 8.42 Å². The number of amides is 1. The molecular weight excluding hydrogens is 396 g/mol. The van der Waals surface area contributed by atoms with Crippen molar-refractivity contribution in [1.29, 1.82) is 0 Å². The molecular formula is C21H19ClN2O3S. The Bertz CT molecular complexity index is 1070. The Morgan fingerprint density at radius 1 is 1.11 bits per heavy atom. The molecule has 1 heterocycles. The fourth-order valence-corrected chi connectivity index (χ4v) is 4.61. The highest BCUT2D eigenvalue weighted by Gasteiger charge is 2.30. The van der Waals surface area contributed by atoms with Crippen LogP contribution in [0.15, 0.2) is 78.0 Å². The Morgan fingerprint density at radius 3 is 2.50 bits per heavy atom. The van der Waals surface area contributed by atoms with Gasteiger partial charge < -0.3 is 5.32 Å². The summed E-state index contributed by atoms with van der Waals surface area (Å²) in [7, 11) is -3.77. The van der Waals surface area contributed by atoms with Crippen LogP contribution in [0.2, 0.25) is 5.02 Å². The number of nitrogens with one attached hydrogen (secondary N) is 1. The van der Waals surface area contributed by atoms with Crippen LogP contribution < -0.4 is 5.32 Å². The number of aryl methyl sites for hydroxylation is 1. The average Bonchev–Trinajstić information content (AvgIpc) is 2.69. The largest absolute Gasteiger partial charge is 0.350 e. The van der Waals surface area contributed by atoms with Gasteiger partial charge in [0.15, 0.2) is 9.84 Å². The number of rotatable bonds is 6. The predicted octanol–water partition coefficient (Wildman–Crippen LogP) is 3.99. The van der Waals surface area contributed by atoms with Gasteiger partial charge in [-0.05, 0) is 55.0 Å². The van der Waals surface area contributed by atoms with Gasteiger partial charge >= 0.3 is 0 Å². The van der Waals surface area contributed by atoms with Gasteiger partial charge in [-0.15, -0.1) is 0 Å². The third kappa shape index (κ3) is 4.58. The van der Waals surface area contributed by atoms with Crippen LogP contribution in [0.5, 0.6) is 0 Å². The minimum atomic E-state index is -3.77. The first-order valence-corrected chi connectivity index (χ1v) is 10.5. The van der Waals surface area contributed by atoms with Gasteiger partial charge in [-0.1, -0.05) is 35.4 Å². The second-order valence-electron chi connectivity index (χ2n) is 6.35. The maximum absolute atomic E-state index is 13.2. The number of carbonyl (C=O) groups excluding carboxylic acids is 1. The van der Waals surface area contributed by atoms with Crippen LogP contribution in [0.4, 0.5) is 0 Å². The van der Waals surface area contributed by atoms with Crippen LogP contribution in [0.1, 0.15) is 26.7 Å². The number of pyridine rings is 1. The minimum Gasteiger partial charge on any atom is -0.350 e. The smallest absolute Gasteiger partial charge is 0.251 e. The Hall–Kier alpha value is -2.70. The third-order valence-corrected chi connectivity index (χ3v) is 6.67. The van der Waals surface area contributed by atoms with Gasteiger partial charge in [0.05, 0.1) is 4.90 Å². The molecule has 3 rings (SSSR count). The first kappa shape index (κ1) is 20.0. The topological polar surface area (TPSA) is 76.1 Å². The van der Waals surface area contributed by atoms with Crippen molar-refractivity contribution >= 4 is 27.3 Å². The third-order valence-electron chi connectivity index (χ3n) is 4.30. The molecule has 7 heteroatoms. The molecule has 144 valence electrons. The fourth-order valence-electron chi connectivity index (χ4n) is 2.84. The second-order valence-corrected chi connectivity index (χ2v) is 8.92. The zero-order chi connectivity index (χ0) is 20.1. The van der Waals surface area contributed by atoms with Crippen LogP contribution in [0, 0.1) is 6.92 Å². The number of hydrogen-bond acceptors (Lipinski definition) is 4. The second kappa shape index (κ2) is 8.54. The highest BCUT2D eigenvalue weighted by atomic mass is 35.5. The zero-order valence-electron chi connectivity index (χ0n) is 15.2. The van der Waals surface area contributed by atoms with Gasteiger partial charge in [0.25, 0.3) is 5.91 Å². The first-order valence-electron chi connectivity index (χ1n) is 8.62. The summed E-state index contributed by atoms with van der Waals surface area (Å²) in [5.41, 5.74) is 1.93. The van der Waals surface area contributed by atoms with E-state index in [9.17, 15) is 13.2 Å². The molecule has 3 aromatic rings. The summed E-state index contributed by atoms with van der Waals surface area (Å²) in [5.74, 6) is -0.330. The lowest BCUT2D eigenvalue weighted by atomic mass is 10.1. The number of benzene rings is 2. The lowest BCUT2D eigenvalue weighted by molar-refractivity contribution is 0.0953. The van der Waals surface area contributed by atoms with E-state index in [1.807, 2.05) is 13.0 Å². The maximum Gasteiger partial charge on any atom is 0.251 e. The van der Waals surface area contributed by atoms with Gasteiger partial charge in [0, 0.05) is 29.5 Å². The summed E-state index contributed by atoms with van der Waals surface area (Å²) >= 11 is 5.88. The Morgan fingerprint density at radius 2 is 1.86 bits per heavy atom. The number of nitrogens with zero attached hydrogens (tertiary/aromatic N) is 1. The van der Waals surface area contributed by atoms with E-state index in [0.29, 0.717) is 16.1 Å². The van der Waals surface area contributed by atoms with E-state index in [1.54, 1.807) is 36.5 Å². The van der Waals surface area contributed by atoms with Crippen LogP contribution in [0.25, 0.3) is 0 Å². The number of hydrogen-bond donors (Lipinski definition) is 1. The van der Waals surface area contributed by atoms with E-state index < -0.39 is 15.1 Å². The molecule has 1 N–H and O–H groups in total. The average molecular weight is 415 g/mol. The van der Waals surface area contributed by atoms with Crippen molar-refractivity contribution in [3.63, 3.8) is 0 Å². The molecule has 0 fully saturated rings. The molecule has 0 aliphatic carbocycles. The van der Waals surface area contributed by atoms with Gasteiger partial charge in [-0.2, -0.15) is 0 Å². The quantitative estimate of drug-likeness (QED) is 0.661. The monoisotopic (exact) mass is 414 g/mol. The van der Waals surface area contributed by atoms with Crippen molar-refractivity contribution in [3.05, 3.63) is 94.8 Å². The summed E-state index contributed by atoms with van der Waals surface area (Å²) in [4.78, 5) is 16.7. The van der Waals surface area contributed by atoms with Crippen molar-refractivity contribution in [2.45, 2.75) is 17.1 Å². The van der Waals surface area contributed by atoms with Crippen molar-refractivity contribution in [1.82, 2.24) is 10.3 Å². The predicted molar refractivity (Wildman–Crippen MR) is 109 cm³/mol. The van der Waals surface area contributed by atoms with Crippen LogP contribution >= 0.6 is 11.6 Å². The summed E-state index contributed by atoms with van der Waals surface area (Å²) < 4.78 is 26.5. The van der Waals surface area contributed by atoms with Crippen molar-refractivity contribution < 1.29 is 13.2 Å². The van der Waals surface area contributed by atoms with Crippen molar-refractivity contribution in [2.75, 3.05) is 6.54 Å². The van der Waals surface area contributed by atoms with Gasteiger partial charge in [0.1, 0.15) is 5.25 Å². The minimum absolute atomic E-state index is 0.0799. The van der Waals surface area contributed by atoms with Crippen molar-refractivity contribution in [2.24, 2.45) is 0 Å². The Balaban J connectivity index is 1.90. The van der Waals surface area contributed by atoms with E-state index in [1.165, 1.54) is 30.5 Å². The van der Waals surface area contributed by atoms with E-state index >= 15 is 0 Å². The molecule has 5 nitrogen and oxygen atoms in total. The van der Waals surface area contributed by atoms with Gasteiger partial charge in [0.2, 0.25) is 0 Å². The molecule has 0 spiro atoms. The highest BCUT2D eigenvalue weighted by molar-refractivity contribution is 7.91. The molecule has 0 saturated carbocycles. The highest BCUT2D eigenvalue weighted by Crippen LogP contribution is 2.29. The molecule has 0 aliphatic heterocycles. The van der Waals surface area contributed by atoms with Crippen LogP contribution in [-0.2, 0) is 9.84 Å². The van der Waals surface area contributed by atoms with Crippen LogP contribution in [0.3, 0.4) is 0 Å². The number of sulfone groups is 1. The fraction of sp³-hybridized carbons (Fsp3) is 0.143. The molecule has 0 saturated heterocycles. The van der Waals surface area contributed by atoms with E-state index in [4.69, 9.17) is 11.6 Å². The molecule has 1 aromatic heterocycles. The number of carbonyl (C=O) groups is 1. The molecule has 0 aliphatic rings. The number of halogens is 1. The molecule has 2 aromatic carbocycles. The van der Waals surface area contributed by atoms with Crippen LogP contribution in [-0.4, -0.2) is 25.9 Å². The SMILES string of the molecule is Cc1cccc(C(=O)NCC(c2cccnc2)S(=O)(=O)c2ccc(Cl)cc2)c1. The molecule has 28 heavy (non-hydrogen) atoms. The summed E-state index contributed by atoms with van der Waals surface area (Å²) in [6.07, 6.45) is 3.07. The van der Waals surface area contributed by atoms with Crippen molar-refractivity contribution in [3.8, 4) is 0 Å². The van der Waals surface area contributed by atoms with E-state index in [2.05, 4.69) is 10.3 Å². The molecule has 1 atom stereocenters. The van der Waals surface area contributed by atoms with E-state index in [0.717, 1.165) is 5.56 Å². The number of aromatic nitrogens is 1. The Labute approximate surface area is 169 Å². The zero-order valence-corrected chi connectivity index (χ0v) is 16.7. The van der Waals surface area contributed by atoms with Gasteiger partial charge in [-0.3, -0.25) is 9.78 Å². The standard InChI is InChI=1S/C21H19ClN2O3S/c1-15-4-2-5-16(12-15)21(25)24-14-20(17-6-3-11-23-13-17)28(26,27)19-9-7-18(22)8-10-19/h2-13,20H,14H2,1H3,(H,24,25). The normalized spacial score (nSPS) is 12.4. The summed E-state index contributed by atoms with van der Waals surface area (Å²) in [6, 6.07) is 16.4. The Kier molecular flexibility index (Phi) is 6.11. The lowest BCUT2D eigenvalue weighted by Crippen LogP contribution is -2.32. The molecule has 0 radical (unpaired) electrons. The molecule has 1 amide bonds. The maximum atomic E-state index is 13.2. The lowest BCUT2D eigenvalue weighted by Gasteiger charge is -2.19. The first-order chi connectivity index (χ1) is 13.4. The molecule has 1 unspecified atom stereocenters. The van der Waals surface area contributed by atoms with E-state index in [-0.39, 0.29) is 17.3 Å².